The van der Waals surface area contributed by atoms with Crippen LogP contribution in [-0.4, -0.2) is 26.0 Å². The molecular formula is C20H21ClN2O4S. The van der Waals surface area contributed by atoms with Crippen LogP contribution in [0.25, 0.3) is 0 Å². The summed E-state index contributed by atoms with van der Waals surface area (Å²) in [5.74, 6) is -1.25. The molecule has 28 heavy (non-hydrogen) atoms. The highest BCUT2D eigenvalue weighted by Gasteiger charge is 2.50. The number of amides is 2. The fourth-order valence-corrected chi connectivity index (χ4v) is 5.51. The van der Waals surface area contributed by atoms with Gasteiger partial charge in [0, 0.05) is 12.1 Å². The molecule has 0 spiro atoms. The van der Waals surface area contributed by atoms with Crippen molar-refractivity contribution < 1.29 is 18.0 Å². The van der Waals surface area contributed by atoms with E-state index in [1.165, 1.54) is 18.2 Å². The smallest absolute Gasteiger partial charge is 0.251 e. The van der Waals surface area contributed by atoms with E-state index < -0.39 is 21.3 Å². The van der Waals surface area contributed by atoms with Gasteiger partial charge in [-0.2, -0.15) is 0 Å². The lowest BCUT2D eigenvalue weighted by atomic mass is 9.95. The third kappa shape index (κ3) is 3.77. The Morgan fingerprint density at radius 3 is 2.50 bits per heavy atom. The van der Waals surface area contributed by atoms with Crippen LogP contribution in [0.4, 0.5) is 5.69 Å². The van der Waals surface area contributed by atoms with Gasteiger partial charge < -0.3 is 5.32 Å². The highest BCUT2D eigenvalue weighted by Crippen LogP contribution is 2.39. The number of hydrogen-bond acceptors (Lipinski definition) is 4. The zero-order chi connectivity index (χ0) is 20.7. The molecule has 3 rings (SSSR count). The van der Waals surface area contributed by atoms with Crippen LogP contribution in [0.1, 0.15) is 35.3 Å². The van der Waals surface area contributed by atoms with Crippen LogP contribution in [0, 0.1) is 12.3 Å². The first kappa shape index (κ1) is 20.4. The van der Waals surface area contributed by atoms with Crippen molar-refractivity contribution in [3.8, 4) is 0 Å². The van der Waals surface area contributed by atoms with Gasteiger partial charge in [-0.05, 0) is 50.1 Å². The molecule has 0 bridgehead atoms. The van der Waals surface area contributed by atoms with Crippen LogP contribution in [0.5, 0.6) is 0 Å². The zero-order valence-corrected chi connectivity index (χ0v) is 17.4. The zero-order valence-electron chi connectivity index (χ0n) is 15.8. The molecule has 1 aliphatic heterocycles. The average molecular weight is 421 g/mol. The Bertz CT molecular complexity index is 1060. The molecule has 0 unspecified atom stereocenters. The summed E-state index contributed by atoms with van der Waals surface area (Å²) in [6, 6.07) is 11.9. The Labute approximate surface area is 169 Å². The van der Waals surface area contributed by atoms with E-state index in [0.717, 1.165) is 11.1 Å². The van der Waals surface area contributed by atoms with E-state index in [0.29, 0.717) is 10.8 Å². The largest absolute Gasteiger partial charge is 0.348 e. The van der Waals surface area contributed by atoms with Crippen molar-refractivity contribution in [1.29, 1.82) is 0 Å². The maximum absolute atomic E-state index is 12.6. The number of carbonyl (C=O) groups is 2. The van der Waals surface area contributed by atoms with Gasteiger partial charge in [-0.15, -0.1) is 0 Å². The van der Waals surface area contributed by atoms with Crippen molar-refractivity contribution in [1.82, 2.24) is 5.32 Å². The van der Waals surface area contributed by atoms with E-state index in [1.54, 1.807) is 13.8 Å². The summed E-state index contributed by atoms with van der Waals surface area (Å²) >= 11 is 6.17. The number of hydrogen-bond donors (Lipinski definition) is 1. The van der Waals surface area contributed by atoms with Crippen LogP contribution in [0.15, 0.2) is 42.5 Å². The summed E-state index contributed by atoms with van der Waals surface area (Å²) < 4.78 is 25.7. The molecule has 8 heteroatoms. The number of nitrogens with one attached hydrogen (secondary N) is 1. The maximum Gasteiger partial charge on any atom is 0.251 e. The number of rotatable bonds is 4. The maximum atomic E-state index is 12.6. The Hall–Kier alpha value is -2.38. The van der Waals surface area contributed by atoms with Gasteiger partial charge >= 0.3 is 0 Å². The summed E-state index contributed by atoms with van der Waals surface area (Å²) in [6.45, 7) is 5.42. The molecule has 1 saturated heterocycles. The molecule has 0 atom stereocenters. The summed E-state index contributed by atoms with van der Waals surface area (Å²) in [6.07, 6.45) is 0. The van der Waals surface area contributed by atoms with E-state index in [1.807, 2.05) is 31.2 Å². The van der Waals surface area contributed by atoms with Gasteiger partial charge in [-0.3, -0.25) is 9.59 Å². The lowest BCUT2D eigenvalue weighted by molar-refractivity contribution is -0.123. The van der Waals surface area contributed by atoms with Crippen molar-refractivity contribution in [3.63, 3.8) is 0 Å². The normalized spacial score (nSPS) is 17.6. The molecule has 0 radical (unpaired) electrons. The summed E-state index contributed by atoms with van der Waals surface area (Å²) in [4.78, 5) is 25.2. The van der Waals surface area contributed by atoms with Crippen molar-refractivity contribution in [2.24, 2.45) is 5.41 Å². The molecule has 1 heterocycles. The Morgan fingerprint density at radius 1 is 1.21 bits per heavy atom. The summed E-state index contributed by atoms with van der Waals surface area (Å²) in [7, 11) is -3.86. The molecule has 0 aliphatic carbocycles. The first-order valence-corrected chi connectivity index (χ1v) is 10.7. The minimum absolute atomic E-state index is 0.000725. The fraction of sp³-hybridized carbons (Fsp3) is 0.300. The fourth-order valence-electron chi connectivity index (χ4n) is 3.14. The first-order valence-electron chi connectivity index (χ1n) is 8.73. The Morgan fingerprint density at radius 2 is 1.89 bits per heavy atom. The van der Waals surface area contributed by atoms with Gasteiger partial charge in [-0.1, -0.05) is 35.9 Å². The van der Waals surface area contributed by atoms with Crippen LogP contribution < -0.4 is 9.62 Å². The standard InChI is InChI=1S/C20H21ClN2O4S/c1-13-6-4-5-7-15(13)11-22-18(24)14-8-9-16(21)17(10-14)23-19(25)20(2,3)12-28(23,26)27/h4-10H,11-12H2,1-3H3,(H,22,24). The molecule has 1 aliphatic rings. The van der Waals surface area contributed by atoms with Gasteiger partial charge in [0.1, 0.15) is 0 Å². The third-order valence-electron chi connectivity index (χ3n) is 4.71. The van der Waals surface area contributed by atoms with E-state index in [4.69, 9.17) is 11.6 Å². The van der Waals surface area contributed by atoms with Crippen LogP contribution in [0.3, 0.4) is 0 Å². The van der Waals surface area contributed by atoms with Gasteiger partial charge in [0.2, 0.25) is 15.9 Å². The topological polar surface area (TPSA) is 83.6 Å². The monoisotopic (exact) mass is 420 g/mol. The Balaban J connectivity index is 1.89. The highest BCUT2D eigenvalue weighted by atomic mass is 35.5. The Kier molecular flexibility index (Phi) is 5.25. The lowest BCUT2D eigenvalue weighted by Gasteiger charge is -2.19. The molecule has 2 amide bonds. The van der Waals surface area contributed by atoms with Crippen molar-refractivity contribution in [3.05, 3.63) is 64.2 Å². The third-order valence-corrected chi connectivity index (χ3v) is 7.04. The molecule has 0 saturated carbocycles. The van der Waals surface area contributed by atoms with Gasteiger partial charge in [-0.25, -0.2) is 12.7 Å². The SMILES string of the molecule is Cc1ccccc1CNC(=O)c1ccc(Cl)c(N2C(=O)C(C)(C)CS2(=O)=O)c1. The van der Waals surface area contributed by atoms with Crippen molar-refractivity contribution >= 4 is 39.1 Å². The number of benzene rings is 2. The molecular weight excluding hydrogens is 400 g/mol. The minimum atomic E-state index is -3.86. The molecule has 148 valence electrons. The van der Waals surface area contributed by atoms with E-state index in [2.05, 4.69) is 5.32 Å². The lowest BCUT2D eigenvalue weighted by Crippen LogP contribution is -2.33. The van der Waals surface area contributed by atoms with Gasteiger partial charge in [0.15, 0.2) is 0 Å². The number of halogens is 1. The number of nitrogens with zero attached hydrogens (tertiary/aromatic N) is 1. The summed E-state index contributed by atoms with van der Waals surface area (Å²) in [5.41, 5.74) is 1.20. The number of aryl methyl sites for hydroxylation is 1. The first-order chi connectivity index (χ1) is 13.0. The molecule has 2 aromatic carbocycles. The van der Waals surface area contributed by atoms with Crippen molar-refractivity contribution in [2.75, 3.05) is 10.1 Å². The van der Waals surface area contributed by atoms with Crippen molar-refractivity contribution in [2.45, 2.75) is 27.3 Å². The highest BCUT2D eigenvalue weighted by molar-refractivity contribution is 7.94. The summed E-state index contributed by atoms with van der Waals surface area (Å²) in [5, 5.41) is 2.89. The predicted octanol–water partition coefficient (Wildman–Crippen LogP) is 3.28. The molecule has 1 fully saturated rings. The minimum Gasteiger partial charge on any atom is -0.348 e. The second-order valence-electron chi connectivity index (χ2n) is 7.49. The number of sulfonamides is 1. The van der Waals surface area contributed by atoms with Gasteiger partial charge in [0.05, 0.1) is 21.9 Å². The molecule has 2 aromatic rings. The van der Waals surface area contributed by atoms with E-state index >= 15 is 0 Å². The van der Waals surface area contributed by atoms with Crippen LogP contribution in [-0.2, 0) is 21.4 Å². The molecule has 1 N–H and O–H groups in total. The second-order valence-corrected chi connectivity index (χ2v) is 9.71. The number of anilines is 1. The van der Waals surface area contributed by atoms with E-state index in [-0.39, 0.29) is 27.9 Å². The second kappa shape index (κ2) is 7.22. The van der Waals surface area contributed by atoms with Crippen LogP contribution >= 0.6 is 11.6 Å². The van der Waals surface area contributed by atoms with Crippen LogP contribution in [0.2, 0.25) is 5.02 Å². The van der Waals surface area contributed by atoms with E-state index in [9.17, 15) is 18.0 Å². The molecule has 0 aromatic heterocycles. The molecule has 6 nitrogen and oxygen atoms in total. The number of carbonyl (C=O) groups excluding carboxylic acids is 2. The predicted molar refractivity (Wildman–Crippen MR) is 109 cm³/mol. The quantitative estimate of drug-likeness (QED) is 0.822. The van der Waals surface area contributed by atoms with Gasteiger partial charge in [0.25, 0.3) is 5.91 Å². The average Bonchev–Trinajstić information content (AvgIpc) is 2.77.